The highest BCUT2D eigenvalue weighted by Crippen LogP contribution is 2.36. The average molecular weight is 351 g/mol. The summed E-state index contributed by atoms with van der Waals surface area (Å²) < 4.78 is 1.35. The molecule has 0 aromatic heterocycles. The van der Waals surface area contributed by atoms with Gasteiger partial charge in [0.25, 0.3) is 0 Å². The number of hydrogen-bond donors (Lipinski definition) is 3. The molecule has 3 nitrogen and oxygen atoms in total. The van der Waals surface area contributed by atoms with E-state index in [2.05, 4.69) is 37.2 Å². The molecule has 0 unspecified atom stereocenters. The third kappa shape index (κ3) is 2.59. The molecule has 0 heterocycles. The van der Waals surface area contributed by atoms with Gasteiger partial charge in [0.05, 0.1) is 15.6 Å². The molecule has 0 saturated heterocycles. The molecular weight excluding hydrogens is 338 g/mol. The fourth-order valence-corrected chi connectivity index (χ4v) is 2.83. The molecule has 0 atom stereocenters. The third-order valence-corrected chi connectivity index (χ3v) is 4.11. The van der Waals surface area contributed by atoms with Gasteiger partial charge in [-0.3, -0.25) is 0 Å². The third-order valence-electron chi connectivity index (χ3n) is 2.90. The summed E-state index contributed by atoms with van der Waals surface area (Å²) in [6, 6.07) is 3.75. The highest BCUT2D eigenvalue weighted by Gasteiger charge is 2.41. The van der Waals surface area contributed by atoms with Gasteiger partial charge in [0.1, 0.15) is 5.75 Å². The highest BCUT2D eigenvalue weighted by molar-refractivity contribution is 9.11. The van der Waals surface area contributed by atoms with Crippen molar-refractivity contribution in [3.63, 3.8) is 0 Å². The van der Waals surface area contributed by atoms with Crippen molar-refractivity contribution in [1.82, 2.24) is 5.32 Å². The zero-order chi connectivity index (χ0) is 11.8. The summed E-state index contributed by atoms with van der Waals surface area (Å²) in [6.07, 6.45) is 2.06. The fraction of sp³-hybridized carbons (Fsp3) is 0.455. The smallest absolute Gasteiger partial charge is 0.143 e. The second kappa shape index (κ2) is 4.64. The maximum atomic E-state index is 9.56. The molecule has 1 aliphatic carbocycles. The number of phenolic OH excluding ortho intramolecular Hbond substituents is 1. The van der Waals surface area contributed by atoms with Gasteiger partial charge in [-0.1, -0.05) is 0 Å². The van der Waals surface area contributed by atoms with Crippen LogP contribution in [0, 0.1) is 0 Å². The van der Waals surface area contributed by atoms with E-state index in [1.54, 1.807) is 0 Å². The molecule has 0 bridgehead atoms. The minimum Gasteiger partial charge on any atom is -0.506 e. The molecule has 0 radical (unpaired) electrons. The zero-order valence-corrected chi connectivity index (χ0v) is 11.8. The zero-order valence-electron chi connectivity index (χ0n) is 8.63. The summed E-state index contributed by atoms with van der Waals surface area (Å²) in [5, 5.41) is 22.1. The normalized spacial score (nSPS) is 17.4. The van der Waals surface area contributed by atoms with Crippen LogP contribution in [-0.4, -0.2) is 22.4 Å². The van der Waals surface area contributed by atoms with Gasteiger partial charge in [-0.15, -0.1) is 0 Å². The van der Waals surface area contributed by atoms with Crippen molar-refractivity contribution in [2.45, 2.75) is 24.9 Å². The molecule has 1 aromatic rings. The Labute approximate surface area is 111 Å². The van der Waals surface area contributed by atoms with Gasteiger partial charge in [0, 0.05) is 12.1 Å². The molecule has 0 amide bonds. The Bertz CT molecular complexity index is 382. The standard InChI is InChI=1S/C11H13Br2NO2/c12-8-3-7(4-9(13)10(8)16)5-14-11(6-15)1-2-11/h3-4,14-16H,1-2,5-6H2. The van der Waals surface area contributed by atoms with E-state index in [1.807, 2.05) is 12.1 Å². The molecular formula is C11H13Br2NO2. The van der Waals surface area contributed by atoms with E-state index in [0.717, 1.165) is 18.4 Å². The topological polar surface area (TPSA) is 52.5 Å². The lowest BCUT2D eigenvalue weighted by Gasteiger charge is -2.14. The number of aromatic hydroxyl groups is 1. The number of rotatable bonds is 4. The van der Waals surface area contributed by atoms with Crippen LogP contribution in [0.5, 0.6) is 5.75 Å². The number of aliphatic hydroxyl groups excluding tert-OH is 1. The SMILES string of the molecule is OCC1(NCc2cc(Br)c(O)c(Br)c2)CC1. The maximum absolute atomic E-state index is 9.56. The quantitative estimate of drug-likeness (QED) is 0.782. The Morgan fingerprint density at radius 3 is 2.25 bits per heavy atom. The second-order valence-electron chi connectivity index (χ2n) is 4.20. The van der Waals surface area contributed by atoms with Crippen molar-refractivity contribution in [1.29, 1.82) is 0 Å². The number of nitrogens with one attached hydrogen (secondary N) is 1. The molecule has 1 fully saturated rings. The van der Waals surface area contributed by atoms with Crippen LogP contribution in [-0.2, 0) is 6.54 Å². The van der Waals surface area contributed by atoms with E-state index in [-0.39, 0.29) is 17.9 Å². The number of aliphatic hydroxyl groups is 1. The number of hydrogen-bond acceptors (Lipinski definition) is 3. The van der Waals surface area contributed by atoms with Crippen molar-refractivity contribution in [3.05, 3.63) is 26.6 Å². The Morgan fingerprint density at radius 1 is 1.25 bits per heavy atom. The summed E-state index contributed by atoms with van der Waals surface area (Å²) >= 11 is 6.59. The molecule has 1 aliphatic rings. The van der Waals surface area contributed by atoms with Gasteiger partial charge in [-0.25, -0.2) is 0 Å². The second-order valence-corrected chi connectivity index (χ2v) is 5.91. The molecule has 16 heavy (non-hydrogen) atoms. The molecule has 1 aromatic carbocycles. The summed E-state index contributed by atoms with van der Waals surface area (Å²) in [5.74, 6) is 0.215. The Morgan fingerprint density at radius 2 is 1.81 bits per heavy atom. The number of halogens is 2. The van der Waals surface area contributed by atoms with Crippen LogP contribution in [0.15, 0.2) is 21.1 Å². The number of phenols is 1. The van der Waals surface area contributed by atoms with Crippen LogP contribution in [0.1, 0.15) is 18.4 Å². The van der Waals surface area contributed by atoms with Crippen molar-refractivity contribution in [3.8, 4) is 5.75 Å². The van der Waals surface area contributed by atoms with Crippen LogP contribution in [0.4, 0.5) is 0 Å². The van der Waals surface area contributed by atoms with Crippen LogP contribution in [0.3, 0.4) is 0 Å². The van der Waals surface area contributed by atoms with Gasteiger partial charge in [-0.05, 0) is 62.4 Å². The number of benzene rings is 1. The fourth-order valence-electron chi connectivity index (χ4n) is 1.55. The van der Waals surface area contributed by atoms with E-state index in [0.29, 0.717) is 15.5 Å². The Kier molecular flexibility index (Phi) is 3.59. The first-order valence-corrected chi connectivity index (χ1v) is 6.68. The summed E-state index contributed by atoms with van der Waals surface area (Å²) in [7, 11) is 0. The molecule has 5 heteroatoms. The molecule has 88 valence electrons. The van der Waals surface area contributed by atoms with Crippen LogP contribution >= 0.6 is 31.9 Å². The van der Waals surface area contributed by atoms with Gasteiger partial charge in [-0.2, -0.15) is 0 Å². The monoisotopic (exact) mass is 349 g/mol. The molecule has 0 spiro atoms. The van der Waals surface area contributed by atoms with E-state index >= 15 is 0 Å². The van der Waals surface area contributed by atoms with Crippen molar-refractivity contribution < 1.29 is 10.2 Å². The molecule has 0 aliphatic heterocycles. The van der Waals surface area contributed by atoms with Gasteiger partial charge < -0.3 is 15.5 Å². The summed E-state index contributed by atoms with van der Waals surface area (Å²) in [5.41, 5.74) is 1.01. The van der Waals surface area contributed by atoms with E-state index in [9.17, 15) is 5.11 Å². The van der Waals surface area contributed by atoms with E-state index in [4.69, 9.17) is 5.11 Å². The van der Waals surface area contributed by atoms with Crippen molar-refractivity contribution in [2.75, 3.05) is 6.61 Å². The molecule has 1 saturated carbocycles. The van der Waals surface area contributed by atoms with Crippen molar-refractivity contribution >= 4 is 31.9 Å². The average Bonchev–Trinajstić information content (AvgIpc) is 3.03. The highest BCUT2D eigenvalue weighted by atomic mass is 79.9. The van der Waals surface area contributed by atoms with Crippen LogP contribution in [0.25, 0.3) is 0 Å². The largest absolute Gasteiger partial charge is 0.506 e. The van der Waals surface area contributed by atoms with Crippen LogP contribution < -0.4 is 5.32 Å². The van der Waals surface area contributed by atoms with Gasteiger partial charge >= 0.3 is 0 Å². The lowest BCUT2D eigenvalue weighted by atomic mass is 10.2. The predicted octanol–water partition coefficient (Wildman–Crippen LogP) is 2.53. The summed E-state index contributed by atoms with van der Waals surface area (Å²) in [6.45, 7) is 0.880. The summed E-state index contributed by atoms with van der Waals surface area (Å²) in [4.78, 5) is 0. The molecule has 2 rings (SSSR count). The minimum atomic E-state index is -0.0587. The Hall–Kier alpha value is -0.100. The first-order valence-electron chi connectivity index (χ1n) is 5.09. The van der Waals surface area contributed by atoms with Gasteiger partial charge in [0.2, 0.25) is 0 Å². The van der Waals surface area contributed by atoms with E-state index in [1.165, 1.54) is 0 Å². The maximum Gasteiger partial charge on any atom is 0.143 e. The minimum absolute atomic E-state index is 0.0587. The van der Waals surface area contributed by atoms with Crippen LogP contribution in [0.2, 0.25) is 0 Å². The Balaban J connectivity index is 2.05. The first kappa shape index (κ1) is 12.4. The first-order chi connectivity index (χ1) is 7.56. The van der Waals surface area contributed by atoms with Gasteiger partial charge in [0.15, 0.2) is 0 Å². The van der Waals surface area contributed by atoms with Crippen molar-refractivity contribution in [2.24, 2.45) is 0 Å². The van der Waals surface area contributed by atoms with E-state index < -0.39 is 0 Å². The lowest BCUT2D eigenvalue weighted by Crippen LogP contribution is -2.34. The lowest BCUT2D eigenvalue weighted by molar-refractivity contribution is 0.229. The molecule has 3 N–H and O–H groups in total. The predicted molar refractivity (Wildman–Crippen MR) is 69.4 cm³/mol.